The minimum atomic E-state index is -0.400. The molecule has 1 saturated carbocycles. The lowest BCUT2D eigenvalue weighted by Gasteiger charge is -2.26. The van der Waals surface area contributed by atoms with Gasteiger partial charge in [0, 0.05) is 19.0 Å². The van der Waals surface area contributed by atoms with Crippen molar-refractivity contribution in [3.8, 4) is 0 Å². The van der Waals surface area contributed by atoms with E-state index in [0.29, 0.717) is 18.4 Å². The van der Waals surface area contributed by atoms with Crippen LogP contribution < -0.4 is 0 Å². The van der Waals surface area contributed by atoms with E-state index in [2.05, 4.69) is 19.1 Å². The summed E-state index contributed by atoms with van der Waals surface area (Å²) in [7, 11) is 0. The van der Waals surface area contributed by atoms with E-state index in [9.17, 15) is 15.0 Å². The lowest BCUT2D eigenvalue weighted by molar-refractivity contribution is -0.137. The molecule has 170 valence electrons. The summed E-state index contributed by atoms with van der Waals surface area (Å²) in [6.07, 6.45) is 15.9. The highest BCUT2D eigenvalue weighted by Crippen LogP contribution is 2.47. The molecule has 0 unspecified atom stereocenters. The van der Waals surface area contributed by atoms with Crippen LogP contribution in [0.4, 0.5) is 0 Å². The molecule has 5 nitrogen and oxygen atoms in total. The van der Waals surface area contributed by atoms with Crippen LogP contribution >= 0.6 is 0 Å². The first-order valence-electron chi connectivity index (χ1n) is 12.2. The van der Waals surface area contributed by atoms with Gasteiger partial charge < -0.3 is 19.8 Å². The molecule has 5 heteroatoms. The number of likely N-dealkylation sites (tertiary alicyclic amines) is 1. The molecule has 0 aromatic carbocycles. The number of piperidine rings is 1. The molecule has 3 aliphatic rings. The summed E-state index contributed by atoms with van der Waals surface area (Å²) in [4.78, 5) is 14.1. The van der Waals surface area contributed by atoms with Crippen molar-refractivity contribution in [3.63, 3.8) is 0 Å². The topological polar surface area (TPSA) is 70.0 Å². The van der Waals surface area contributed by atoms with Gasteiger partial charge in [-0.05, 0) is 56.8 Å². The van der Waals surface area contributed by atoms with Gasteiger partial charge in [0.1, 0.15) is 6.61 Å². The van der Waals surface area contributed by atoms with Crippen molar-refractivity contribution in [1.82, 2.24) is 4.90 Å². The van der Waals surface area contributed by atoms with E-state index in [1.165, 1.54) is 12.0 Å². The smallest absolute Gasteiger partial charge is 0.248 e. The predicted molar refractivity (Wildman–Crippen MR) is 119 cm³/mol. The fourth-order valence-electron chi connectivity index (χ4n) is 5.34. The van der Waals surface area contributed by atoms with Gasteiger partial charge in [-0.1, -0.05) is 50.0 Å². The number of hydrogen-bond acceptors (Lipinski definition) is 4. The first-order valence-corrected chi connectivity index (χ1v) is 12.2. The molecule has 3 rings (SSSR count). The number of fused-ring (bicyclic) bond motifs is 1. The minimum Gasteiger partial charge on any atom is -0.392 e. The number of aliphatic hydroxyl groups excluding tert-OH is 2. The second-order valence-electron chi connectivity index (χ2n) is 9.43. The van der Waals surface area contributed by atoms with Crippen molar-refractivity contribution < 1.29 is 19.7 Å². The van der Waals surface area contributed by atoms with Gasteiger partial charge in [-0.15, -0.1) is 0 Å². The SMILES string of the molecule is CCCCC[C@H](O)C=C[C@@H]1[C@H]2CC(CCOCC(=O)N3CCCCC3)=C[C@H]2C[C@H]1O. The molecule has 0 radical (unpaired) electrons. The monoisotopic (exact) mass is 419 g/mol. The average molecular weight is 420 g/mol. The first-order chi connectivity index (χ1) is 14.6. The highest BCUT2D eigenvalue weighted by molar-refractivity contribution is 5.77. The standard InChI is InChI=1S/C25H41NO4/c1-2-3-5-8-21(27)9-10-22-23-16-19(15-20(23)17-24(22)28)11-14-30-18-25(29)26-12-6-4-7-13-26/h9-10,15,20-24,27-28H,2-8,11-14,16-18H2,1H3/t20-,21-,22+,23-,24+/m0/s1. The van der Waals surface area contributed by atoms with Crippen LogP contribution in [0, 0.1) is 17.8 Å². The number of nitrogens with zero attached hydrogens (tertiary/aromatic N) is 1. The van der Waals surface area contributed by atoms with Crippen LogP contribution in [0.2, 0.25) is 0 Å². The van der Waals surface area contributed by atoms with Gasteiger partial charge >= 0.3 is 0 Å². The average Bonchev–Trinajstić information content (AvgIpc) is 3.26. The van der Waals surface area contributed by atoms with E-state index in [4.69, 9.17) is 4.74 Å². The molecule has 0 aromatic heterocycles. The van der Waals surface area contributed by atoms with Gasteiger partial charge in [0.25, 0.3) is 0 Å². The summed E-state index contributed by atoms with van der Waals surface area (Å²) in [5, 5.41) is 20.6. The predicted octanol–water partition coefficient (Wildman–Crippen LogP) is 3.85. The Kier molecular flexibility index (Phi) is 9.41. The van der Waals surface area contributed by atoms with Crippen molar-refractivity contribution in [3.05, 3.63) is 23.8 Å². The molecule has 1 aliphatic heterocycles. The number of hydrogen-bond donors (Lipinski definition) is 2. The number of carbonyl (C=O) groups is 1. The molecule has 2 N–H and O–H groups in total. The molecular weight excluding hydrogens is 378 g/mol. The molecule has 1 saturated heterocycles. The number of rotatable bonds is 11. The van der Waals surface area contributed by atoms with E-state index in [1.54, 1.807) is 0 Å². The van der Waals surface area contributed by atoms with Gasteiger partial charge in [0.2, 0.25) is 5.91 Å². The van der Waals surface area contributed by atoms with Gasteiger partial charge in [-0.2, -0.15) is 0 Å². The summed E-state index contributed by atoms with van der Waals surface area (Å²) in [5.74, 6) is 1.12. The Hall–Kier alpha value is -1.17. The van der Waals surface area contributed by atoms with Crippen molar-refractivity contribution >= 4 is 5.91 Å². The molecule has 1 heterocycles. The Morgan fingerprint density at radius 2 is 2.10 bits per heavy atom. The second kappa shape index (κ2) is 12.0. The largest absolute Gasteiger partial charge is 0.392 e. The van der Waals surface area contributed by atoms with Crippen LogP contribution in [0.1, 0.15) is 71.1 Å². The molecule has 30 heavy (non-hydrogen) atoms. The Labute approximate surface area is 182 Å². The third-order valence-corrected chi connectivity index (χ3v) is 7.11. The summed E-state index contributed by atoms with van der Waals surface area (Å²) in [5.41, 5.74) is 1.39. The Balaban J connectivity index is 1.37. The Bertz CT molecular complexity index is 596. The van der Waals surface area contributed by atoms with Gasteiger partial charge in [0.15, 0.2) is 0 Å². The quantitative estimate of drug-likeness (QED) is 0.394. The fraction of sp³-hybridized carbons (Fsp3) is 0.800. The van der Waals surface area contributed by atoms with Crippen LogP contribution in [-0.2, 0) is 9.53 Å². The van der Waals surface area contributed by atoms with Crippen molar-refractivity contribution in [2.75, 3.05) is 26.3 Å². The molecular formula is C25H41NO4. The summed E-state index contributed by atoms with van der Waals surface area (Å²) in [6, 6.07) is 0. The third kappa shape index (κ3) is 6.66. The second-order valence-corrected chi connectivity index (χ2v) is 9.43. The van der Waals surface area contributed by atoms with E-state index in [-0.39, 0.29) is 24.5 Å². The van der Waals surface area contributed by atoms with Crippen molar-refractivity contribution in [2.45, 2.75) is 83.3 Å². The van der Waals surface area contributed by atoms with Crippen LogP contribution in [0.15, 0.2) is 23.8 Å². The number of ether oxygens (including phenoxy) is 1. The molecule has 0 aromatic rings. The number of carbonyl (C=O) groups excluding carboxylic acids is 1. The van der Waals surface area contributed by atoms with Gasteiger partial charge in [0.05, 0.1) is 18.8 Å². The zero-order valence-electron chi connectivity index (χ0n) is 18.7. The number of unbranched alkanes of at least 4 members (excludes halogenated alkanes) is 2. The maximum Gasteiger partial charge on any atom is 0.248 e. The van der Waals surface area contributed by atoms with E-state index < -0.39 is 6.10 Å². The summed E-state index contributed by atoms with van der Waals surface area (Å²) < 4.78 is 5.68. The zero-order valence-corrected chi connectivity index (χ0v) is 18.7. The molecule has 2 aliphatic carbocycles. The first kappa shape index (κ1) is 23.5. The van der Waals surface area contributed by atoms with Gasteiger partial charge in [-0.3, -0.25) is 4.79 Å². The Morgan fingerprint density at radius 1 is 1.30 bits per heavy atom. The van der Waals surface area contributed by atoms with Crippen LogP contribution in [0.3, 0.4) is 0 Å². The van der Waals surface area contributed by atoms with Crippen LogP contribution in [-0.4, -0.2) is 59.5 Å². The normalized spacial score (nSPS) is 30.0. The van der Waals surface area contributed by atoms with E-state index in [0.717, 1.165) is 70.9 Å². The maximum atomic E-state index is 12.2. The number of aliphatic hydroxyl groups is 2. The molecule has 0 bridgehead atoms. The Morgan fingerprint density at radius 3 is 2.87 bits per heavy atom. The highest BCUT2D eigenvalue weighted by atomic mass is 16.5. The van der Waals surface area contributed by atoms with Gasteiger partial charge in [-0.25, -0.2) is 0 Å². The molecule has 1 amide bonds. The maximum absolute atomic E-state index is 12.2. The van der Waals surface area contributed by atoms with E-state index >= 15 is 0 Å². The van der Waals surface area contributed by atoms with E-state index in [1.807, 2.05) is 11.0 Å². The fourth-order valence-corrected chi connectivity index (χ4v) is 5.34. The number of amides is 1. The zero-order chi connectivity index (χ0) is 21.3. The van der Waals surface area contributed by atoms with Crippen molar-refractivity contribution in [2.24, 2.45) is 17.8 Å². The third-order valence-electron chi connectivity index (χ3n) is 7.11. The van der Waals surface area contributed by atoms with Crippen molar-refractivity contribution in [1.29, 1.82) is 0 Å². The minimum absolute atomic E-state index is 0.123. The molecule has 5 atom stereocenters. The van der Waals surface area contributed by atoms with Crippen LogP contribution in [0.25, 0.3) is 0 Å². The molecule has 2 fully saturated rings. The van der Waals surface area contributed by atoms with Crippen LogP contribution in [0.5, 0.6) is 0 Å². The molecule has 0 spiro atoms. The highest BCUT2D eigenvalue weighted by Gasteiger charge is 2.43. The number of allylic oxidation sites excluding steroid dienone is 1. The summed E-state index contributed by atoms with van der Waals surface area (Å²) in [6.45, 7) is 4.70. The lowest BCUT2D eigenvalue weighted by atomic mass is 9.88. The summed E-state index contributed by atoms with van der Waals surface area (Å²) >= 11 is 0. The lowest BCUT2D eigenvalue weighted by Crippen LogP contribution is -2.38.